The van der Waals surface area contributed by atoms with E-state index in [4.69, 9.17) is 4.74 Å². The number of hydrogen-bond acceptors (Lipinski definition) is 2. The minimum absolute atomic E-state index is 0.0675. The quantitative estimate of drug-likeness (QED) is 0.847. The molecule has 2 aromatic carbocycles. The number of nitrogens with one attached hydrogen (secondary N) is 1. The molecule has 0 aliphatic heterocycles. The molecule has 0 radical (unpaired) electrons. The number of para-hydroxylation sites is 1. The molecule has 0 saturated carbocycles. The van der Waals surface area contributed by atoms with Crippen molar-refractivity contribution < 1.29 is 9.53 Å². The van der Waals surface area contributed by atoms with Gasteiger partial charge in [-0.1, -0.05) is 35.9 Å². The summed E-state index contributed by atoms with van der Waals surface area (Å²) in [5.74, 6) is 0.791. The van der Waals surface area contributed by atoms with Gasteiger partial charge >= 0.3 is 0 Å². The van der Waals surface area contributed by atoms with Gasteiger partial charge in [-0.2, -0.15) is 0 Å². The molecule has 1 amide bonds. The van der Waals surface area contributed by atoms with E-state index in [0.717, 1.165) is 16.9 Å². The first-order chi connectivity index (χ1) is 9.66. The molecule has 0 unspecified atom stereocenters. The maximum atomic E-state index is 11.9. The summed E-state index contributed by atoms with van der Waals surface area (Å²) < 4.78 is 5.63. The second-order valence-electron chi connectivity index (χ2n) is 4.74. The molecule has 0 fully saturated rings. The first kappa shape index (κ1) is 14.1. The molecule has 20 heavy (non-hydrogen) atoms. The zero-order valence-electron chi connectivity index (χ0n) is 11.8. The third kappa shape index (κ3) is 3.85. The van der Waals surface area contributed by atoms with E-state index in [1.54, 1.807) is 0 Å². The number of benzene rings is 2. The fourth-order valence-corrected chi connectivity index (χ4v) is 1.93. The molecule has 104 valence electrons. The van der Waals surface area contributed by atoms with Crippen LogP contribution in [0, 0.1) is 13.8 Å². The molecule has 0 aromatic heterocycles. The molecule has 2 aromatic rings. The largest absolute Gasteiger partial charge is 0.491 e. The topological polar surface area (TPSA) is 38.3 Å². The van der Waals surface area contributed by atoms with E-state index in [2.05, 4.69) is 5.32 Å². The summed E-state index contributed by atoms with van der Waals surface area (Å²) in [7, 11) is 0. The van der Waals surface area contributed by atoms with Crippen molar-refractivity contribution in [3.05, 3.63) is 65.2 Å². The number of hydrogen-bond donors (Lipinski definition) is 1. The Kier molecular flexibility index (Phi) is 4.77. The minimum atomic E-state index is -0.0675. The zero-order chi connectivity index (χ0) is 14.4. The van der Waals surface area contributed by atoms with Gasteiger partial charge in [-0.15, -0.1) is 0 Å². The summed E-state index contributed by atoms with van der Waals surface area (Å²) in [6, 6.07) is 15.4. The maximum Gasteiger partial charge on any atom is 0.251 e. The Hall–Kier alpha value is -2.29. The molecular weight excluding hydrogens is 250 g/mol. The number of aryl methyl sites for hydroxylation is 2. The van der Waals surface area contributed by atoms with Crippen molar-refractivity contribution in [2.75, 3.05) is 13.2 Å². The zero-order valence-corrected chi connectivity index (χ0v) is 11.8. The highest BCUT2D eigenvalue weighted by Gasteiger charge is 2.04. The molecule has 0 saturated heterocycles. The van der Waals surface area contributed by atoms with Crippen LogP contribution in [0.25, 0.3) is 0 Å². The fourth-order valence-electron chi connectivity index (χ4n) is 1.93. The van der Waals surface area contributed by atoms with Gasteiger partial charge in [0.05, 0.1) is 6.54 Å². The summed E-state index contributed by atoms with van der Waals surface area (Å²) in [6.07, 6.45) is 0. The van der Waals surface area contributed by atoms with Gasteiger partial charge < -0.3 is 10.1 Å². The van der Waals surface area contributed by atoms with Gasteiger partial charge in [0.1, 0.15) is 12.4 Å². The molecule has 0 heterocycles. The second-order valence-corrected chi connectivity index (χ2v) is 4.74. The minimum Gasteiger partial charge on any atom is -0.491 e. The SMILES string of the molecule is Cc1cccc(C(=O)NCCOc2ccccc2C)c1. The summed E-state index contributed by atoms with van der Waals surface area (Å²) >= 11 is 0. The van der Waals surface area contributed by atoms with Crippen molar-refractivity contribution >= 4 is 5.91 Å². The van der Waals surface area contributed by atoms with Gasteiger partial charge in [-0.05, 0) is 37.6 Å². The molecule has 3 nitrogen and oxygen atoms in total. The van der Waals surface area contributed by atoms with Crippen molar-refractivity contribution in [3.8, 4) is 5.75 Å². The van der Waals surface area contributed by atoms with Crippen molar-refractivity contribution in [1.82, 2.24) is 5.32 Å². The third-order valence-corrected chi connectivity index (χ3v) is 3.02. The van der Waals surface area contributed by atoms with E-state index in [0.29, 0.717) is 18.7 Å². The van der Waals surface area contributed by atoms with Crippen LogP contribution in [0.4, 0.5) is 0 Å². The lowest BCUT2D eigenvalue weighted by atomic mass is 10.1. The van der Waals surface area contributed by atoms with E-state index >= 15 is 0 Å². The monoisotopic (exact) mass is 269 g/mol. The lowest BCUT2D eigenvalue weighted by Crippen LogP contribution is -2.28. The summed E-state index contributed by atoms with van der Waals surface area (Å²) in [6.45, 7) is 4.92. The van der Waals surface area contributed by atoms with Crippen LogP contribution in [0.1, 0.15) is 21.5 Å². The highest BCUT2D eigenvalue weighted by molar-refractivity contribution is 5.94. The van der Waals surface area contributed by atoms with Crippen LogP contribution < -0.4 is 10.1 Å². The van der Waals surface area contributed by atoms with Crippen molar-refractivity contribution in [3.63, 3.8) is 0 Å². The lowest BCUT2D eigenvalue weighted by Gasteiger charge is -2.10. The number of ether oxygens (including phenoxy) is 1. The van der Waals surface area contributed by atoms with Gasteiger partial charge in [0, 0.05) is 5.56 Å². The average molecular weight is 269 g/mol. The second kappa shape index (κ2) is 6.75. The first-order valence-electron chi connectivity index (χ1n) is 6.70. The molecule has 0 atom stereocenters. The molecule has 0 spiro atoms. The number of rotatable bonds is 5. The smallest absolute Gasteiger partial charge is 0.251 e. The normalized spacial score (nSPS) is 10.1. The van der Waals surface area contributed by atoms with Gasteiger partial charge in [0.15, 0.2) is 0 Å². The highest BCUT2D eigenvalue weighted by Crippen LogP contribution is 2.15. The lowest BCUT2D eigenvalue weighted by molar-refractivity contribution is 0.0947. The van der Waals surface area contributed by atoms with E-state index < -0.39 is 0 Å². The number of carbonyl (C=O) groups is 1. The molecule has 2 rings (SSSR count). The van der Waals surface area contributed by atoms with Crippen LogP contribution >= 0.6 is 0 Å². The molecule has 1 N–H and O–H groups in total. The van der Waals surface area contributed by atoms with E-state index in [1.807, 2.05) is 62.4 Å². The molecular formula is C17H19NO2. The average Bonchev–Trinajstić information content (AvgIpc) is 2.45. The van der Waals surface area contributed by atoms with Crippen LogP contribution in [-0.4, -0.2) is 19.1 Å². The first-order valence-corrected chi connectivity index (χ1v) is 6.70. The van der Waals surface area contributed by atoms with Gasteiger partial charge in [-0.3, -0.25) is 4.79 Å². The van der Waals surface area contributed by atoms with Gasteiger partial charge in [0.25, 0.3) is 5.91 Å². The van der Waals surface area contributed by atoms with Crippen LogP contribution in [-0.2, 0) is 0 Å². The van der Waals surface area contributed by atoms with Crippen molar-refractivity contribution in [1.29, 1.82) is 0 Å². The predicted octanol–water partition coefficient (Wildman–Crippen LogP) is 3.11. The Morgan fingerprint density at radius 2 is 1.90 bits per heavy atom. The van der Waals surface area contributed by atoms with Crippen molar-refractivity contribution in [2.45, 2.75) is 13.8 Å². The molecule has 0 aliphatic rings. The Bertz CT molecular complexity index is 593. The van der Waals surface area contributed by atoms with Crippen LogP contribution in [0.5, 0.6) is 5.75 Å². The number of amides is 1. The molecule has 0 aliphatic carbocycles. The Morgan fingerprint density at radius 1 is 1.10 bits per heavy atom. The van der Waals surface area contributed by atoms with Crippen LogP contribution in [0.3, 0.4) is 0 Å². The van der Waals surface area contributed by atoms with Crippen LogP contribution in [0.2, 0.25) is 0 Å². The summed E-state index contributed by atoms with van der Waals surface area (Å²) in [5.41, 5.74) is 2.85. The molecule has 0 bridgehead atoms. The van der Waals surface area contributed by atoms with Crippen LogP contribution in [0.15, 0.2) is 48.5 Å². The Labute approximate surface area is 119 Å². The standard InChI is InChI=1S/C17H19NO2/c1-13-6-5-8-15(12-13)17(19)18-10-11-20-16-9-4-3-7-14(16)2/h3-9,12H,10-11H2,1-2H3,(H,18,19). The highest BCUT2D eigenvalue weighted by atomic mass is 16.5. The predicted molar refractivity (Wildman–Crippen MR) is 80.2 cm³/mol. The maximum absolute atomic E-state index is 11.9. The van der Waals surface area contributed by atoms with Gasteiger partial charge in [0.2, 0.25) is 0 Å². The van der Waals surface area contributed by atoms with E-state index in [-0.39, 0.29) is 5.91 Å². The molecule has 3 heteroatoms. The van der Waals surface area contributed by atoms with Crippen molar-refractivity contribution in [2.24, 2.45) is 0 Å². The Morgan fingerprint density at radius 3 is 2.65 bits per heavy atom. The van der Waals surface area contributed by atoms with E-state index in [1.165, 1.54) is 0 Å². The summed E-state index contributed by atoms with van der Waals surface area (Å²) in [5, 5.41) is 2.85. The van der Waals surface area contributed by atoms with Gasteiger partial charge in [-0.25, -0.2) is 0 Å². The Balaban J connectivity index is 1.79. The number of carbonyl (C=O) groups excluding carboxylic acids is 1. The summed E-state index contributed by atoms with van der Waals surface area (Å²) in [4.78, 5) is 11.9. The van der Waals surface area contributed by atoms with E-state index in [9.17, 15) is 4.79 Å². The fraction of sp³-hybridized carbons (Fsp3) is 0.235. The third-order valence-electron chi connectivity index (χ3n) is 3.02.